The van der Waals surface area contributed by atoms with Crippen molar-refractivity contribution in [2.24, 2.45) is 0 Å². The molecule has 0 amide bonds. The lowest BCUT2D eigenvalue weighted by Crippen LogP contribution is -2.08. The van der Waals surface area contributed by atoms with Crippen molar-refractivity contribution in [1.29, 1.82) is 0 Å². The summed E-state index contributed by atoms with van der Waals surface area (Å²) in [4.78, 5) is 20.0. The Hall–Kier alpha value is -5.48. The van der Waals surface area contributed by atoms with E-state index in [1.165, 1.54) is 27.1 Å². The molecule has 1 aliphatic carbocycles. The van der Waals surface area contributed by atoms with E-state index < -0.39 is 0 Å². The number of hydrogen-bond donors (Lipinski definition) is 0. The number of nitrogens with zero attached hydrogens (tertiary/aromatic N) is 4. The Bertz CT molecular complexity index is 2110. The van der Waals surface area contributed by atoms with Crippen LogP contribution in [0.15, 0.2) is 140 Å². The molecule has 4 nitrogen and oxygen atoms in total. The first-order chi connectivity index (χ1) is 21.3. The van der Waals surface area contributed by atoms with Gasteiger partial charge in [0, 0.05) is 34.2 Å². The van der Waals surface area contributed by atoms with Crippen molar-refractivity contribution in [3.63, 3.8) is 0 Å². The fraction of sp³-hybridized carbons (Fsp3) is 0.0769. The number of aromatic nitrogens is 4. The van der Waals surface area contributed by atoms with E-state index in [0.29, 0.717) is 11.6 Å². The summed E-state index contributed by atoms with van der Waals surface area (Å²) in [7, 11) is 0. The molecule has 7 aromatic rings. The van der Waals surface area contributed by atoms with Crippen LogP contribution in [0.4, 0.5) is 0 Å². The first-order valence-electron chi connectivity index (χ1n) is 14.7. The van der Waals surface area contributed by atoms with Crippen molar-refractivity contribution in [1.82, 2.24) is 19.9 Å². The monoisotopic (exact) mass is 552 g/mol. The zero-order chi connectivity index (χ0) is 28.6. The largest absolute Gasteiger partial charge is 0.256 e. The second-order valence-corrected chi connectivity index (χ2v) is 11.1. The van der Waals surface area contributed by atoms with Crippen LogP contribution in [-0.4, -0.2) is 19.9 Å². The maximum absolute atomic E-state index is 5.11. The molecular weight excluding hydrogens is 524 g/mol. The van der Waals surface area contributed by atoms with Crippen molar-refractivity contribution < 1.29 is 0 Å². The zero-order valence-electron chi connectivity index (χ0n) is 23.6. The zero-order valence-corrected chi connectivity index (χ0v) is 23.6. The highest BCUT2D eigenvalue weighted by molar-refractivity contribution is 5.93. The van der Waals surface area contributed by atoms with Crippen molar-refractivity contribution in [2.75, 3.05) is 0 Å². The Labute approximate surface area is 250 Å². The van der Waals surface area contributed by atoms with Gasteiger partial charge in [-0.05, 0) is 58.2 Å². The van der Waals surface area contributed by atoms with Gasteiger partial charge in [0.2, 0.25) is 0 Å². The molecular formula is C39H28N4. The molecule has 2 aromatic heterocycles. The SMILES string of the molecule is C1=CC(c2cccc3cccnc23)=CCC(c2nc(-c3ccc4ccccc4c3)nc(-c3ccc4ccccc4c3)n2)C1. The van der Waals surface area contributed by atoms with Crippen molar-refractivity contribution in [3.05, 3.63) is 151 Å². The minimum Gasteiger partial charge on any atom is -0.256 e. The van der Waals surface area contributed by atoms with Crippen molar-refractivity contribution in [2.45, 2.75) is 18.8 Å². The van der Waals surface area contributed by atoms with Crippen LogP contribution in [0.25, 0.3) is 60.8 Å². The molecule has 0 radical (unpaired) electrons. The Balaban J connectivity index is 1.23. The molecule has 8 rings (SSSR count). The standard InChI is InChI=1S/C39H28N4/c1-3-10-31-24-33(21-17-26(31)8-1)38-41-37(42-39(43-38)34-22-18-27-9-2-4-11-32(27)25-34)30-14-5-12-28(19-20-30)35-16-6-13-29-15-7-23-40-36(29)35/h1-13,15-19,21-25,30H,14,20H2. The van der Waals surface area contributed by atoms with E-state index in [4.69, 9.17) is 15.0 Å². The smallest absolute Gasteiger partial charge is 0.163 e. The Morgan fingerprint density at radius 1 is 0.535 bits per heavy atom. The molecule has 0 N–H and O–H groups in total. The van der Waals surface area contributed by atoms with E-state index in [-0.39, 0.29) is 5.92 Å². The first kappa shape index (κ1) is 25.2. The van der Waals surface area contributed by atoms with Gasteiger partial charge >= 0.3 is 0 Å². The molecule has 0 saturated carbocycles. The van der Waals surface area contributed by atoms with Crippen LogP contribution in [0.1, 0.15) is 30.1 Å². The van der Waals surface area contributed by atoms with Gasteiger partial charge < -0.3 is 0 Å². The molecule has 1 unspecified atom stereocenters. The van der Waals surface area contributed by atoms with E-state index in [1.807, 2.05) is 12.3 Å². The third kappa shape index (κ3) is 4.87. The highest BCUT2D eigenvalue weighted by Gasteiger charge is 2.20. The molecule has 0 saturated heterocycles. The second kappa shape index (κ2) is 10.7. The fourth-order valence-corrected chi connectivity index (χ4v) is 6.03. The minimum absolute atomic E-state index is 0.123. The van der Waals surface area contributed by atoms with Crippen LogP contribution in [0.5, 0.6) is 0 Å². The lowest BCUT2D eigenvalue weighted by atomic mass is 9.98. The number of allylic oxidation sites excluding steroid dienone is 4. The quantitative estimate of drug-likeness (QED) is 0.218. The van der Waals surface area contributed by atoms with Crippen LogP contribution in [0.2, 0.25) is 0 Å². The summed E-state index contributed by atoms with van der Waals surface area (Å²) >= 11 is 0. The predicted molar refractivity (Wildman–Crippen MR) is 177 cm³/mol. The van der Waals surface area contributed by atoms with Gasteiger partial charge in [0.05, 0.1) is 5.52 Å². The average Bonchev–Trinajstić information content (AvgIpc) is 3.34. The predicted octanol–water partition coefficient (Wildman–Crippen LogP) is 9.58. The summed E-state index contributed by atoms with van der Waals surface area (Å²) in [6.45, 7) is 0. The lowest BCUT2D eigenvalue weighted by Gasteiger charge is -2.14. The molecule has 2 heterocycles. The van der Waals surface area contributed by atoms with Gasteiger partial charge in [-0.1, -0.05) is 115 Å². The van der Waals surface area contributed by atoms with Gasteiger partial charge in [-0.2, -0.15) is 0 Å². The van der Waals surface area contributed by atoms with Crippen LogP contribution in [0.3, 0.4) is 0 Å². The van der Waals surface area contributed by atoms with E-state index in [2.05, 4.69) is 132 Å². The average molecular weight is 553 g/mol. The number of rotatable bonds is 4. The number of hydrogen-bond acceptors (Lipinski definition) is 4. The van der Waals surface area contributed by atoms with Crippen LogP contribution in [0, 0.1) is 0 Å². The van der Waals surface area contributed by atoms with E-state index in [0.717, 1.165) is 46.3 Å². The Morgan fingerprint density at radius 3 is 1.86 bits per heavy atom. The van der Waals surface area contributed by atoms with Crippen molar-refractivity contribution >= 4 is 38.0 Å². The number of pyridine rings is 1. The molecule has 0 fully saturated rings. The maximum Gasteiger partial charge on any atom is 0.163 e. The van der Waals surface area contributed by atoms with Crippen LogP contribution >= 0.6 is 0 Å². The Morgan fingerprint density at radius 2 is 1.16 bits per heavy atom. The molecule has 5 aromatic carbocycles. The molecule has 1 atom stereocenters. The number of para-hydroxylation sites is 1. The van der Waals surface area contributed by atoms with Gasteiger partial charge in [0.15, 0.2) is 11.6 Å². The second-order valence-electron chi connectivity index (χ2n) is 11.1. The van der Waals surface area contributed by atoms with Gasteiger partial charge in [-0.3, -0.25) is 4.98 Å². The molecule has 1 aliphatic rings. The fourth-order valence-electron chi connectivity index (χ4n) is 6.03. The molecule has 0 aliphatic heterocycles. The highest BCUT2D eigenvalue weighted by Crippen LogP contribution is 2.34. The third-order valence-corrected chi connectivity index (χ3v) is 8.32. The molecule has 43 heavy (non-hydrogen) atoms. The molecule has 0 spiro atoms. The molecule has 204 valence electrons. The van der Waals surface area contributed by atoms with E-state index >= 15 is 0 Å². The summed E-state index contributed by atoms with van der Waals surface area (Å²) < 4.78 is 0. The lowest BCUT2D eigenvalue weighted by molar-refractivity contribution is 0.659. The van der Waals surface area contributed by atoms with Crippen LogP contribution < -0.4 is 0 Å². The number of benzene rings is 5. The van der Waals surface area contributed by atoms with Gasteiger partial charge in [-0.15, -0.1) is 0 Å². The van der Waals surface area contributed by atoms with Crippen LogP contribution in [-0.2, 0) is 0 Å². The summed E-state index contributed by atoms with van der Waals surface area (Å²) in [6, 6.07) is 40.2. The summed E-state index contributed by atoms with van der Waals surface area (Å²) in [5.41, 5.74) is 5.35. The third-order valence-electron chi connectivity index (χ3n) is 8.32. The molecule has 4 heteroatoms. The van der Waals surface area contributed by atoms with Gasteiger partial charge in [0.1, 0.15) is 5.82 Å². The Kier molecular flexibility index (Phi) is 6.30. The summed E-state index contributed by atoms with van der Waals surface area (Å²) in [5.74, 6) is 2.35. The molecule has 0 bridgehead atoms. The maximum atomic E-state index is 5.11. The summed E-state index contributed by atoms with van der Waals surface area (Å²) in [5, 5.41) is 5.88. The highest BCUT2D eigenvalue weighted by atomic mass is 15.0. The topological polar surface area (TPSA) is 51.6 Å². The van der Waals surface area contributed by atoms with Gasteiger partial charge in [-0.25, -0.2) is 15.0 Å². The van der Waals surface area contributed by atoms with Crippen molar-refractivity contribution in [3.8, 4) is 22.8 Å². The first-order valence-corrected chi connectivity index (χ1v) is 14.7. The van der Waals surface area contributed by atoms with Gasteiger partial charge in [0.25, 0.3) is 0 Å². The van der Waals surface area contributed by atoms with E-state index in [1.54, 1.807) is 0 Å². The normalized spacial score (nSPS) is 15.1. The number of fused-ring (bicyclic) bond motifs is 3. The minimum atomic E-state index is 0.123. The summed E-state index contributed by atoms with van der Waals surface area (Å²) in [6.07, 6.45) is 10.3. The van der Waals surface area contributed by atoms with E-state index in [9.17, 15) is 0 Å².